The van der Waals surface area contributed by atoms with Crippen molar-refractivity contribution in [3.05, 3.63) is 49.9 Å². The van der Waals surface area contributed by atoms with Crippen molar-refractivity contribution in [2.45, 2.75) is 19.9 Å². The summed E-state index contributed by atoms with van der Waals surface area (Å²) in [5.74, 6) is -1.31. The number of carbonyl (C=O) groups is 2. The van der Waals surface area contributed by atoms with E-state index >= 15 is 0 Å². The second kappa shape index (κ2) is 6.36. The molecule has 2 aromatic rings. The molecule has 1 atom stereocenters. The largest absolute Gasteiger partial charge is 0.476 e. The van der Waals surface area contributed by atoms with Crippen LogP contribution in [0.4, 0.5) is 0 Å². The van der Waals surface area contributed by atoms with Crippen LogP contribution in [-0.4, -0.2) is 22.0 Å². The number of thiazole rings is 1. The number of halogens is 1. The number of carbonyl (C=O) groups excluding carboxylic acids is 1. The van der Waals surface area contributed by atoms with E-state index in [9.17, 15) is 9.59 Å². The molecule has 0 aliphatic carbocycles. The minimum Gasteiger partial charge on any atom is -0.476 e. The molecular weight excluding hydrogens is 356 g/mol. The number of carboxylic acid groups (broad SMARTS) is 1. The normalized spacial score (nSPS) is 12.0. The van der Waals surface area contributed by atoms with Gasteiger partial charge in [0, 0.05) is 9.85 Å². The molecule has 0 fully saturated rings. The second-order valence-corrected chi connectivity index (χ2v) is 6.30. The third kappa shape index (κ3) is 3.68. The zero-order valence-corrected chi connectivity index (χ0v) is 13.8. The quantitative estimate of drug-likeness (QED) is 0.866. The number of amides is 1. The van der Waals surface area contributed by atoms with Gasteiger partial charge >= 0.3 is 5.97 Å². The molecule has 7 heteroatoms. The zero-order chi connectivity index (χ0) is 15.6. The molecule has 21 heavy (non-hydrogen) atoms. The van der Waals surface area contributed by atoms with Gasteiger partial charge in [0.15, 0.2) is 5.69 Å². The number of aromatic carboxylic acids is 1. The van der Waals surface area contributed by atoms with Gasteiger partial charge in [-0.2, -0.15) is 0 Å². The van der Waals surface area contributed by atoms with Crippen molar-refractivity contribution in [3.8, 4) is 0 Å². The summed E-state index contributed by atoms with van der Waals surface area (Å²) >= 11 is 4.58. The van der Waals surface area contributed by atoms with Crippen LogP contribution in [-0.2, 0) is 0 Å². The molecule has 2 rings (SSSR count). The van der Waals surface area contributed by atoms with Gasteiger partial charge in [-0.1, -0.05) is 6.07 Å². The van der Waals surface area contributed by atoms with Crippen molar-refractivity contribution in [2.24, 2.45) is 0 Å². The Kier molecular flexibility index (Phi) is 4.74. The first kappa shape index (κ1) is 15.7. The fourth-order valence-corrected chi connectivity index (χ4v) is 3.20. The van der Waals surface area contributed by atoms with E-state index in [0.29, 0.717) is 10.6 Å². The van der Waals surface area contributed by atoms with Crippen LogP contribution in [0.25, 0.3) is 0 Å². The van der Waals surface area contributed by atoms with E-state index in [1.54, 1.807) is 13.0 Å². The molecule has 1 heterocycles. The third-order valence-corrected chi connectivity index (χ3v) is 4.51. The van der Waals surface area contributed by atoms with Crippen molar-refractivity contribution >= 4 is 39.1 Å². The molecule has 1 aromatic heterocycles. The Hall–Kier alpha value is -1.73. The first-order valence-corrected chi connectivity index (χ1v) is 7.81. The molecule has 0 spiro atoms. The highest BCUT2D eigenvalue weighted by atomic mass is 79.9. The lowest BCUT2D eigenvalue weighted by molar-refractivity contribution is 0.0691. The fourth-order valence-electron chi connectivity index (χ4n) is 1.73. The van der Waals surface area contributed by atoms with E-state index in [2.05, 4.69) is 26.2 Å². The van der Waals surface area contributed by atoms with E-state index in [-0.39, 0.29) is 17.6 Å². The topological polar surface area (TPSA) is 79.3 Å². The summed E-state index contributed by atoms with van der Waals surface area (Å²) in [7, 11) is 0. The number of hydrogen-bond donors (Lipinski definition) is 2. The maximum Gasteiger partial charge on any atom is 0.355 e. The SMILES string of the molecule is Cc1ccc(C(=O)NC(C)c2nc(C(=O)O)cs2)c(Br)c1. The van der Waals surface area contributed by atoms with Gasteiger partial charge in [0.05, 0.1) is 11.6 Å². The van der Waals surface area contributed by atoms with Crippen LogP contribution in [0.1, 0.15) is 44.4 Å². The van der Waals surface area contributed by atoms with Gasteiger partial charge in [-0.25, -0.2) is 9.78 Å². The molecule has 0 saturated carbocycles. The Bertz CT molecular complexity index is 699. The van der Waals surface area contributed by atoms with Crippen molar-refractivity contribution in [1.82, 2.24) is 10.3 Å². The van der Waals surface area contributed by atoms with Gasteiger partial charge in [-0.3, -0.25) is 4.79 Å². The average molecular weight is 369 g/mol. The molecule has 2 N–H and O–H groups in total. The Balaban J connectivity index is 2.12. The van der Waals surface area contributed by atoms with Gasteiger partial charge in [-0.05, 0) is 47.5 Å². The van der Waals surface area contributed by atoms with Crippen molar-refractivity contribution in [2.75, 3.05) is 0 Å². The molecular formula is C14H13BrN2O3S. The van der Waals surface area contributed by atoms with Gasteiger partial charge in [-0.15, -0.1) is 11.3 Å². The van der Waals surface area contributed by atoms with E-state index in [0.717, 1.165) is 10.0 Å². The highest BCUT2D eigenvalue weighted by molar-refractivity contribution is 9.10. The smallest absolute Gasteiger partial charge is 0.355 e. The third-order valence-electron chi connectivity index (χ3n) is 2.83. The van der Waals surface area contributed by atoms with Gasteiger partial charge < -0.3 is 10.4 Å². The summed E-state index contributed by atoms with van der Waals surface area (Å²) in [6, 6.07) is 5.11. The molecule has 0 bridgehead atoms. The summed E-state index contributed by atoms with van der Waals surface area (Å²) in [4.78, 5) is 27.0. The van der Waals surface area contributed by atoms with E-state index < -0.39 is 5.97 Å². The first-order valence-electron chi connectivity index (χ1n) is 6.14. The van der Waals surface area contributed by atoms with Crippen LogP contribution in [0.5, 0.6) is 0 Å². The standard InChI is InChI=1S/C14H13BrN2O3S/c1-7-3-4-9(10(15)5-7)12(18)16-8(2)13-17-11(6-21-13)14(19)20/h3-6,8H,1-2H3,(H,16,18)(H,19,20). The van der Waals surface area contributed by atoms with Gasteiger partial charge in [0.2, 0.25) is 0 Å². The molecule has 0 aliphatic heterocycles. The number of aryl methyl sites for hydroxylation is 1. The van der Waals surface area contributed by atoms with Crippen molar-refractivity contribution < 1.29 is 14.7 Å². The molecule has 0 aliphatic rings. The van der Waals surface area contributed by atoms with Crippen molar-refractivity contribution in [1.29, 1.82) is 0 Å². The lowest BCUT2D eigenvalue weighted by atomic mass is 10.1. The van der Waals surface area contributed by atoms with Crippen LogP contribution in [0, 0.1) is 6.92 Å². The van der Waals surface area contributed by atoms with Crippen LogP contribution in [0.3, 0.4) is 0 Å². The van der Waals surface area contributed by atoms with Crippen LogP contribution >= 0.6 is 27.3 Å². The monoisotopic (exact) mass is 368 g/mol. The summed E-state index contributed by atoms with van der Waals surface area (Å²) in [5, 5.41) is 13.7. The predicted molar refractivity (Wildman–Crippen MR) is 83.8 cm³/mol. The van der Waals surface area contributed by atoms with E-state index in [1.165, 1.54) is 16.7 Å². The van der Waals surface area contributed by atoms with Gasteiger partial charge in [0.1, 0.15) is 5.01 Å². The summed E-state index contributed by atoms with van der Waals surface area (Å²) in [5.41, 5.74) is 1.58. The maximum atomic E-state index is 12.2. The lowest BCUT2D eigenvalue weighted by Gasteiger charge is -2.12. The Morgan fingerprint density at radius 1 is 1.43 bits per heavy atom. The zero-order valence-electron chi connectivity index (χ0n) is 11.4. The molecule has 1 aromatic carbocycles. The van der Waals surface area contributed by atoms with Crippen LogP contribution in [0.15, 0.2) is 28.1 Å². The number of benzene rings is 1. The van der Waals surface area contributed by atoms with Crippen molar-refractivity contribution in [3.63, 3.8) is 0 Å². The van der Waals surface area contributed by atoms with E-state index in [1.807, 2.05) is 19.1 Å². The molecule has 0 radical (unpaired) electrons. The molecule has 0 saturated heterocycles. The highest BCUT2D eigenvalue weighted by Crippen LogP contribution is 2.21. The Labute approximate surface area is 134 Å². The molecule has 1 unspecified atom stereocenters. The molecule has 110 valence electrons. The number of carboxylic acids is 1. The van der Waals surface area contributed by atoms with Gasteiger partial charge in [0.25, 0.3) is 5.91 Å². The lowest BCUT2D eigenvalue weighted by Crippen LogP contribution is -2.27. The minimum atomic E-state index is -1.07. The first-order chi connectivity index (χ1) is 9.88. The number of hydrogen-bond acceptors (Lipinski definition) is 4. The summed E-state index contributed by atoms with van der Waals surface area (Å²) in [6.45, 7) is 3.71. The number of nitrogens with one attached hydrogen (secondary N) is 1. The fraction of sp³-hybridized carbons (Fsp3) is 0.214. The number of nitrogens with zero attached hydrogens (tertiary/aromatic N) is 1. The highest BCUT2D eigenvalue weighted by Gasteiger charge is 2.18. The van der Waals surface area contributed by atoms with Crippen LogP contribution < -0.4 is 5.32 Å². The predicted octanol–water partition coefficient (Wildman–Crippen LogP) is 3.40. The number of aromatic nitrogens is 1. The Morgan fingerprint density at radius 3 is 2.71 bits per heavy atom. The second-order valence-electron chi connectivity index (χ2n) is 4.55. The maximum absolute atomic E-state index is 12.2. The average Bonchev–Trinajstić information content (AvgIpc) is 2.88. The molecule has 5 nitrogen and oxygen atoms in total. The summed E-state index contributed by atoms with van der Waals surface area (Å²) < 4.78 is 0.720. The van der Waals surface area contributed by atoms with Crippen LogP contribution in [0.2, 0.25) is 0 Å². The number of rotatable bonds is 4. The minimum absolute atomic E-state index is 0.00684. The molecule has 1 amide bonds. The van der Waals surface area contributed by atoms with E-state index in [4.69, 9.17) is 5.11 Å². The summed E-state index contributed by atoms with van der Waals surface area (Å²) in [6.07, 6.45) is 0. The Morgan fingerprint density at radius 2 is 2.14 bits per heavy atom.